The van der Waals surface area contributed by atoms with E-state index in [9.17, 15) is 17.6 Å². The first-order valence-electron chi connectivity index (χ1n) is 9.85. The Morgan fingerprint density at radius 3 is 2.55 bits per heavy atom. The van der Waals surface area contributed by atoms with Gasteiger partial charge in [0.25, 0.3) is 10.0 Å². The molecule has 0 spiro atoms. The molecule has 1 aromatic heterocycles. The average molecular weight is 443 g/mol. The van der Waals surface area contributed by atoms with Crippen molar-refractivity contribution in [2.75, 3.05) is 18.4 Å². The van der Waals surface area contributed by atoms with Gasteiger partial charge >= 0.3 is 0 Å². The minimum atomic E-state index is -3.87. The number of amides is 1. The molecule has 4 rings (SSSR count). The number of anilines is 1. The Balaban J connectivity index is 1.65. The number of carbonyl (C=O) groups is 1. The van der Waals surface area contributed by atoms with Crippen LogP contribution in [0.25, 0.3) is 0 Å². The minimum absolute atomic E-state index is 0.0125. The van der Waals surface area contributed by atoms with Gasteiger partial charge in [-0.1, -0.05) is 24.3 Å². The monoisotopic (exact) mass is 442 g/mol. The second kappa shape index (κ2) is 8.24. The fourth-order valence-corrected chi connectivity index (χ4v) is 5.35. The van der Waals surface area contributed by atoms with Gasteiger partial charge < -0.3 is 9.88 Å². The Morgan fingerprint density at radius 1 is 1.16 bits per heavy atom. The quantitative estimate of drug-likeness (QED) is 0.659. The predicted octanol–water partition coefficient (Wildman–Crippen LogP) is 2.91. The van der Waals surface area contributed by atoms with Crippen molar-refractivity contribution < 1.29 is 17.6 Å². The number of imidazole rings is 1. The highest BCUT2D eigenvalue weighted by Gasteiger charge is 2.44. The largest absolute Gasteiger partial charge is 0.339 e. The highest BCUT2D eigenvalue weighted by molar-refractivity contribution is 7.89. The molecule has 1 amide bonds. The van der Waals surface area contributed by atoms with Crippen molar-refractivity contribution in [3.05, 3.63) is 78.0 Å². The average Bonchev–Trinajstić information content (AvgIpc) is 3.36. The molecular formula is C22H23FN4O3S. The van der Waals surface area contributed by atoms with E-state index < -0.39 is 21.9 Å². The van der Waals surface area contributed by atoms with Crippen LogP contribution in [0.5, 0.6) is 0 Å². The van der Waals surface area contributed by atoms with Crippen LogP contribution in [0.15, 0.2) is 66.1 Å². The van der Waals surface area contributed by atoms with Crippen LogP contribution in [0.2, 0.25) is 0 Å². The van der Waals surface area contributed by atoms with E-state index in [1.54, 1.807) is 29.8 Å². The topological polar surface area (TPSA) is 84.3 Å². The van der Waals surface area contributed by atoms with Crippen LogP contribution >= 0.6 is 0 Å². The summed E-state index contributed by atoms with van der Waals surface area (Å²) in [6.07, 6.45) is 2.85. The van der Waals surface area contributed by atoms with E-state index in [4.69, 9.17) is 0 Å². The molecule has 1 saturated heterocycles. The Morgan fingerprint density at radius 2 is 1.90 bits per heavy atom. The molecule has 162 valence electrons. The summed E-state index contributed by atoms with van der Waals surface area (Å²) in [5.74, 6) is -1.72. The predicted molar refractivity (Wildman–Crippen MR) is 114 cm³/mol. The molecule has 2 atom stereocenters. The molecule has 1 fully saturated rings. The van der Waals surface area contributed by atoms with E-state index in [1.807, 2.05) is 25.1 Å². The number of rotatable bonds is 5. The van der Waals surface area contributed by atoms with Crippen molar-refractivity contribution in [3.8, 4) is 0 Å². The molecule has 0 bridgehead atoms. The Labute approximate surface area is 180 Å². The van der Waals surface area contributed by atoms with Crippen molar-refractivity contribution in [1.82, 2.24) is 13.9 Å². The maximum Gasteiger partial charge on any atom is 0.262 e. The molecule has 1 N–H and O–H groups in total. The van der Waals surface area contributed by atoms with Gasteiger partial charge in [-0.15, -0.1) is 0 Å². The summed E-state index contributed by atoms with van der Waals surface area (Å²) in [5, 5.41) is 2.84. The number of halogens is 1. The Kier molecular flexibility index (Phi) is 5.63. The van der Waals surface area contributed by atoms with Crippen molar-refractivity contribution in [2.24, 2.45) is 13.0 Å². The Hall–Kier alpha value is -3.04. The SMILES string of the molecule is Cc1cccc(NC(=O)[C@H]2CN(S(=O)(=O)c3cn(C)cn3)C[C@@H]2c2ccc(F)cc2)c1. The van der Waals surface area contributed by atoms with Crippen molar-refractivity contribution >= 4 is 21.6 Å². The number of benzene rings is 2. The first-order chi connectivity index (χ1) is 14.7. The molecule has 2 aromatic carbocycles. The zero-order chi connectivity index (χ0) is 22.2. The highest BCUT2D eigenvalue weighted by atomic mass is 32.2. The van der Waals surface area contributed by atoms with Crippen molar-refractivity contribution in [3.63, 3.8) is 0 Å². The fraction of sp³-hybridized carbons (Fsp3) is 0.273. The molecule has 1 aliphatic heterocycles. The normalized spacial score (nSPS) is 19.5. The van der Waals surface area contributed by atoms with E-state index in [2.05, 4.69) is 10.3 Å². The minimum Gasteiger partial charge on any atom is -0.339 e. The number of nitrogens with one attached hydrogen (secondary N) is 1. The summed E-state index contributed by atoms with van der Waals surface area (Å²) in [6, 6.07) is 13.2. The molecular weight excluding hydrogens is 419 g/mol. The van der Waals surface area contributed by atoms with E-state index in [-0.39, 0.29) is 29.8 Å². The lowest BCUT2D eigenvalue weighted by Crippen LogP contribution is -2.32. The van der Waals surface area contributed by atoms with Gasteiger partial charge in [-0.05, 0) is 42.3 Å². The third-order valence-electron chi connectivity index (χ3n) is 5.49. The summed E-state index contributed by atoms with van der Waals surface area (Å²) in [5.41, 5.74) is 2.36. The molecule has 0 aliphatic carbocycles. The maximum absolute atomic E-state index is 13.4. The lowest BCUT2D eigenvalue weighted by Gasteiger charge is -2.18. The molecule has 3 aromatic rings. The van der Waals surface area contributed by atoms with Gasteiger partial charge in [0.1, 0.15) is 5.82 Å². The number of aromatic nitrogens is 2. The number of hydrogen-bond acceptors (Lipinski definition) is 4. The van der Waals surface area contributed by atoms with Gasteiger partial charge in [-0.25, -0.2) is 17.8 Å². The lowest BCUT2D eigenvalue weighted by molar-refractivity contribution is -0.119. The van der Waals surface area contributed by atoms with Gasteiger partial charge in [-0.2, -0.15) is 4.31 Å². The van der Waals surface area contributed by atoms with Crippen LogP contribution in [0.1, 0.15) is 17.0 Å². The number of sulfonamides is 1. The maximum atomic E-state index is 13.4. The van der Waals surface area contributed by atoms with Gasteiger partial charge in [-0.3, -0.25) is 4.79 Å². The summed E-state index contributed by atoms with van der Waals surface area (Å²) in [4.78, 5) is 17.1. The molecule has 0 radical (unpaired) electrons. The molecule has 1 aliphatic rings. The standard InChI is InChI=1S/C22H23FN4O3S/c1-15-4-3-5-18(10-15)25-22(28)20-12-27(31(29,30)21-13-26(2)14-24-21)11-19(20)16-6-8-17(23)9-7-16/h3-10,13-14,19-20H,11-12H2,1-2H3,(H,25,28)/t19-,20+/m1/s1. The molecule has 0 saturated carbocycles. The second-order valence-electron chi connectivity index (χ2n) is 7.82. The lowest BCUT2D eigenvalue weighted by atomic mass is 9.88. The summed E-state index contributed by atoms with van der Waals surface area (Å²) in [7, 11) is -2.18. The van der Waals surface area contributed by atoms with Gasteiger partial charge in [0, 0.05) is 37.9 Å². The first-order valence-corrected chi connectivity index (χ1v) is 11.3. The van der Waals surface area contributed by atoms with E-state index in [0.717, 1.165) is 5.56 Å². The molecule has 31 heavy (non-hydrogen) atoms. The second-order valence-corrected chi connectivity index (χ2v) is 9.71. The van der Waals surface area contributed by atoms with Gasteiger partial charge in [0.05, 0.1) is 12.2 Å². The van der Waals surface area contributed by atoms with Crippen LogP contribution in [0.3, 0.4) is 0 Å². The third kappa shape index (κ3) is 4.38. The summed E-state index contributed by atoms with van der Waals surface area (Å²) in [6.45, 7) is 2.04. The van der Waals surface area contributed by atoms with Crippen LogP contribution in [-0.4, -0.2) is 41.3 Å². The molecule has 7 nitrogen and oxygen atoms in total. The van der Waals surface area contributed by atoms with Crippen LogP contribution < -0.4 is 5.32 Å². The molecule has 2 heterocycles. The van der Waals surface area contributed by atoms with Crippen molar-refractivity contribution in [2.45, 2.75) is 17.9 Å². The van der Waals surface area contributed by atoms with E-state index in [0.29, 0.717) is 11.3 Å². The third-order valence-corrected chi connectivity index (χ3v) is 7.21. The number of carbonyl (C=O) groups excluding carboxylic acids is 1. The number of aryl methyl sites for hydroxylation is 2. The first kappa shape index (κ1) is 21.2. The number of nitrogens with zero attached hydrogens (tertiary/aromatic N) is 3. The molecule has 9 heteroatoms. The van der Waals surface area contributed by atoms with E-state index in [1.165, 1.54) is 29.0 Å². The highest BCUT2D eigenvalue weighted by Crippen LogP contribution is 2.36. The van der Waals surface area contributed by atoms with Crippen molar-refractivity contribution in [1.29, 1.82) is 0 Å². The fourth-order valence-electron chi connectivity index (χ4n) is 3.89. The summed E-state index contributed by atoms with van der Waals surface area (Å²) < 4.78 is 42.5. The smallest absolute Gasteiger partial charge is 0.262 e. The summed E-state index contributed by atoms with van der Waals surface area (Å²) >= 11 is 0. The van der Waals surface area contributed by atoms with Gasteiger partial charge in [0.15, 0.2) is 5.03 Å². The van der Waals surface area contributed by atoms with Crippen LogP contribution in [-0.2, 0) is 21.9 Å². The Bertz CT molecular complexity index is 1210. The number of hydrogen-bond donors (Lipinski definition) is 1. The zero-order valence-electron chi connectivity index (χ0n) is 17.2. The van der Waals surface area contributed by atoms with Crippen LogP contribution in [0, 0.1) is 18.7 Å². The van der Waals surface area contributed by atoms with Crippen LogP contribution in [0.4, 0.5) is 10.1 Å². The van der Waals surface area contributed by atoms with Gasteiger partial charge in [0.2, 0.25) is 5.91 Å². The zero-order valence-corrected chi connectivity index (χ0v) is 18.0. The van der Waals surface area contributed by atoms with E-state index >= 15 is 0 Å². The molecule has 0 unspecified atom stereocenters.